The van der Waals surface area contributed by atoms with E-state index in [1.807, 2.05) is 0 Å². The van der Waals surface area contributed by atoms with Gasteiger partial charge in [0.15, 0.2) is 0 Å². The predicted octanol–water partition coefficient (Wildman–Crippen LogP) is -1.05. The lowest BCUT2D eigenvalue weighted by Crippen LogP contribution is -2.11. The molecule has 1 heterocycles. The number of carbonyl (C=O) groups excluding carboxylic acids is 1. The van der Waals surface area contributed by atoms with Gasteiger partial charge >= 0.3 is 5.69 Å². The summed E-state index contributed by atoms with van der Waals surface area (Å²) in [5.41, 5.74) is 0.403. The van der Waals surface area contributed by atoms with Crippen LogP contribution in [0.4, 0.5) is 0 Å². The number of nitrogens with one attached hydrogen (secondary N) is 3. The van der Waals surface area contributed by atoms with E-state index in [9.17, 15) is 9.59 Å². The molecule has 1 amide bonds. The van der Waals surface area contributed by atoms with Gasteiger partial charge in [-0.25, -0.2) is 4.79 Å². The van der Waals surface area contributed by atoms with Crippen LogP contribution in [0.3, 0.4) is 0 Å². The summed E-state index contributed by atoms with van der Waals surface area (Å²) in [7, 11) is 0. The van der Waals surface area contributed by atoms with E-state index >= 15 is 0 Å². The number of rotatable bonds is 3. The van der Waals surface area contributed by atoms with E-state index in [2.05, 4.69) is 15.3 Å². The van der Waals surface area contributed by atoms with E-state index in [-0.39, 0.29) is 5.69 Å². The van der Waals surface area contributed by atoms with Crippen molar-refractivity contribution in [3.63, 3.8) is 0 Å². The summed E-state index contributed by atoms with van der Waals surface area (Å²) in [4.78, 5) is 25.1. The minimum absolute atomic E-state index is 0.261. The summed E-state index contributed by atoms with van der Waals surface area (Å²) in [6, 6.07) is 0. The Morgan fingerprint density at radius 1 is 1.70 bits per heavy atom. The maximum absolute atomic E-state index is 10.4. The summed E-state index contributed by atoms with van der Waals surface area (Å²) in [5.74, 6) is 0. The van der Waals surface area contributed by atoms with Crippen LogP contribution in [-0.2, 0) is 11.3 Å². The zero-order valence-corrected chi connectivity index (χ0v) is 5.18. The molecular formula is C5H7N3O2. The maximum Gasteiger partial charge on any atom is 0.323 e. The topological polar surface area (TPSA) is 77.8 Å². The summed E-state index contributed by atoms with van der Waals surface area (Å²) < 4.78 is 0. The van der Waals surface area contributed by atoms with Crippen molar-refractivity contribution in [2.45, 2.75) is 6.54 Å². The van der Waals surface area contributed by atoms with E-state index in [1.165, 1.54) is 6.20 Å². The monoisotopic (exact) mass is 141 g/mol. The molecule has 0 aromatic carbocycles. The van der Waals surface area contributed by atoms with Crippen LogP contribution in [0.2, 0.25) is 0 Å². The largest absolute Gasteiger partial charge is 0.353 e. The highest BCUT2D eigenvalue weighted by atomic mass is 16.1. The average Bonchev–Trinajstić information content (AvgIpc) is 2.31. The molecule has 0 spiro atoms. The molecule has 3 N–H and O–H groups in total. The van der Waals surface area contributed by atoms with Crippen molar-refractivity contribution in [2.75, 3.05) is 0 Å². The molecule has 0 atom stereocenters. The third kappa shape index (κ3) is 1.48. The Morgan fingerprint density at radius 2 is 2.50 bits per heavy atom. The van der Waals surface area contributed by atoms with Crippen LogP contribution >= 0.6 is 0 Å². The Kier molecular flexibility index (Phi) is 1.89. The Morgan fingerprint density at radius 3 is 3.00 bits per heavy atom. The lowest BCUT2D eigenvalue weighted by molar-refractivity contribution is -0.109. The van der Waals surface area contributed by atoms with Crippen LogP contribution < -0.4 is 11.0 Å². The van der Waals surface area contributed by atoms with Crippen LogP contribution in [0.5, 0.6) is 0 Å². The van der Waals surface area contributed by atoms with Crippen LogP contribution in [0.1, 0.15) is 5.69 Å². The quantitative estimate of drug-likeness (QED) is 0.469. The molecule has 0 saturated carbocycles. The van der Waals surface area contributed by atoms with Gasteiger partial charge in [-0.3, -0.25) is 4.79 Å². The van der Waals surface area contributed by atoms with Gasteiger partial charge in [-0.05, 0) is 0 Å². The van der Waals surface area contributed by atoms with Crippen LogP contribution in [-0.4, -0.2) is 16.4 Å². The molecule has 0 aliphatic rings. The van der Waals surface area contributed by atoms with Crippen LogP contribution in [0.15, 0.2) is 11.0 Å². The second kappa shape index (κ2) is 2.86. The molecule has 0 fully saturated rings. The molecular weight excluding hydrogens is 134 g/mol. The zero-order chi connectivity index (χ0) is 7.40. The van der Waals surface area contributed by atoms with E-state index < -0.39 is 0 Å². The number of carbonyl (C=O) groups is 1. The third-order valence-corrected chi connectivity index (χ3v) is 1.03. The first kappa shape index (κ1) is 6.60. The summed E-state index contributed by atoms with van der Waals surface area (Å²) >= 11 is 0. The number of imidazole rings is 1. The normalized spacial score (nSPS) is 9.20. The van der Waals surface area contributed by atoms with Gasteiger partial charge in [0.05, 0.1) is 12.2 Å². The lowest BCUT2D eigenvalue weighted by Gasteiger charge is -1.90. The molecule has 0 radical (unpaired) electrons. The number of amides is 1. The standard InChI is InChI=1S/C5H7N3O2/c9-3-6-1-4-2-7-5(10)8-4/h2-3H,1H2,(H,6,9)(H2,7,8,10). The molecule has 0 bridgehead atoms. The lowest BCUT2D eigenvalue weighted by atomic mass is 10.5. The van der Waals surface area contributed by atoms with Crippen molar-refractivity contribution in [2.24, 2.45) is 0 Å². The maximum atomic E-state index is 10.4. The molecule has 0 unspecified atom stereocenters. The number of H-pyrrole nitrogens is 2. The minimum atomic E-state index is -0.261. The van der Waals surface area contributed by atoms with E-state index in [0.717, 1.165) is 0 Å². The Balaban J connectivity index is 2.58. The first-order valence-electron chi connectivity index (χ1n) is 2.76. The SMILES string of the molecule is O=CNCc1c[nH]c(=O)[nH]1. The minimum Gasteiger partial charge on any atom is -0.353 e. The van der Waals surface area contributed by atoms with Crippen LogP contribution in [0, 0.1) is 0 Å². The van der Waals surface area contributed by atoms with E-state index in [1.54, 1.807) is 0 Å². The van der Waals surface area contributed by atoms with Gasteiger partial charge in [0.25, 0.3) is 0 Å². The number of hydrogen-bond acceptors (Lipinski definition) is 2. The van der Waals surface area contributed by atoms with Gasteiger partial charge in [0.1, 0.15) is 0 Å². The second-order valence-electron chi connectivity index (χ2n) is 1.77. The van der Waals surface area contributed by atoms with E-state index in [0.29, 0.717) is 18.6 Å². The third-order valence-electron chi connectivity index (χ3n) is 1.03. The summed E-state index contributed by atoms with van der Waals surface area (Å²) in [5, 5.41) is 2.41. The molecule has 5 nitrogen and oxygen atoms in total. The van der Waals surface area contributed by atoms with Crippen molar-refractivity contribution in [3.05, 3.63) is 22.4 Å². The smallest absolute Gasteiger partial charge is 0.323 e. The van der Waals surface area contributed by atoms with Crippen molar-refractivity contribution in [1.82, 2.24) is 15.3 Å². The summed E-state index contributed by atoms with van der Waals surface area (Å²) in [6.07, 6.45) is 2.09. The van der Waals surface area contributed by atoms with Gasteiger partial charge < -0.3 is 15.3 Å². The van der Waals surface area contributed by atoms with Crippen molar-refractivity contribution >= 4 is 6.41 Å². The van der Waals surface area contributed by atoms with E-state index in [4.69, 9.17) is 0 Å². The number of aromatic nitrogens is 2. The number of hydrogen-bond donors (Lipinski definition) is 3. The Hall–Kier alpha value is -1.52. The fourth-order valence-electron chi connectivity index (χ4n) is 0.618. The predicted molar refractivity (Wildman–Crippen MR) is 34.3 cm³/mol. The highest BCUT2D eigenvalue weighted by Gasteiger charge is 1.91. The second-order valence-corrected chi connectivity index (χ2v) is 1.77. The molecule has 0 saturated heterocycles. The molecule has 0 aliphatic carbocycles. The highest BCUT2D eigenvalue weighted by Crippen LogP contribution is 1.83. The van der Waals surface area contributed by atoms with Crippen LogP contribution in [0.25, 0.3) is 0 Å². The van der Waals surface area contributed by atoms with Gasteiger partial charge in [-0.15, -0.1) is 0 Å². The summed E-state index contributed by atoms with van der Waals surface area (Å²) in [6.45, 7) is 0.349. The molecule has 1 aromatic heterocycles. The fraction of sp³-hybridized carbons (Fsp3) is 0.200. The zero-order valence-electron chi connectivity index (χ0n) is 5.18. The number of aromatic amines is 2. The Bertz CT molecular complexity index is 262. The van der Waals surface area contributed by atoms with Crippen molar-refractivity contribution in [1.29, 1.82) is 0 Å². The fourth-order valence-corrected chi connectivity index (χ4v) is 0.618. The molecule has 10 heavy (non-hydrogen) atoms. The highest BCUT2D eigenvalue weighted by molar-refractivity contribution is 5.45. The van der Waals surface area contributed by atoms with Gasteiger partial charge in [-0.1, -0.05) is 0 Å². The van der Waals surface area contributed by atoms with Gasteiger partial charge in [0, 0.05) is 6.20 Å². The first-order valence-corrected chi connectivity index (χ1v) is 2.76. The van der Waals surface area contributed by atoms with Crippen molar-refractivity contribution in [3.8, 4) is 0 Å². The van der Waals surface area contributed by atoms with Gasteiger partial charge in [0.2, 0.25) is 6.41 Å². The first-order chi connectivity index (χ1) is 4.83. The average molecular weight is 141 g/mol. The molecule has 54 valence electrons. The molecule has 1 rings (SSSR count). The van der Waals surface area contributed by atoms with Crippen molar-refractivity contribution < 1.29 is 4.79 Å². The molecule has 1 aromatic rings. The molecule has 5 heteroatoms. The molecule has 0 aliphatic heterocycles. The Labute approximate surface area is 56.5 Å². The van der Waals surface area contributed by atoms with Gasteiger partial charge in [-0.2, -0.15) is 0 Å².